The number of hydrogen-bond donors (Lipinski definition) is 0. The molecular weight excluding hydrogens is 841 g/mol. The highest BCUT2D eigenvalue weighted by atomic mass is 16.6. The monoisotopic (exact) mass is 949 g/mol. The van der Waals surface area contributed by atoms with Crippen molar-refractivity contribution in [3.8, 4) is 0 Å². The molecule has 392 valence electrons. The van der Waals surface area contributed by atoms with E-state index in [0.29, 0.717) is 19.3 Å². The zero-order chi connectivity index (χ0) is 49.3. The minimum atomic E-state index is -0.769. The maximum absolute atomic E-state index is 12.7. The van der Waals surface area contributed by atoms with E-state index in [1.807, 2.05) is 0 Å². The largest absolute Gasteiger partial charge is 0.462 e. The number of rotatable bonds is 52. The van der Waals surface area contributed by atoms with Crippen LogP contribution in [0.25, 0.3) is 0 Å². The lowest BCUT2D eigenvalue weighted by Gasteiger charge is -2.18. The molecule has 0 amide bonds. The van der Waals surface area contributed by atoms with Crippen LogP contribution in [0.2, 0.25) is 0 Å². The lowest BCUT2D eigenvalue weighted by molar-refractivity contribution is -0.167. The fourth-order valence-corrected chi connectivity index (χ4v) is 8.15. The predicted octanol–water partition coefficient (Wildman–Crippen LogP) is 19.4. The van der Waals surface area contributed by atoms with E-state index >= 15 is 0 Å². The summed E-state index contributed by atoms with van der Waals surface area (Å²) in [7, 11) is 0. The third-order valence-corrected chi connectivity index (χ3v) is 12.5. The standard InChI is InChI=1S/C62H108O6/c1-4-7-10-13-16-19-21-22-23-24-25-26-27-28-29-30-31-32-33-34-35-36-37-38-39-40-42-43-46-49-52-55-61(64)67-58-59(57-66-60(63)54-51-48-45-18-15-12-9-6-3)68-62(65)56-53-50-47-44-41-20-17-14-11-8-5-2/h7,10,16,19,22-23,25-26,28-29,31-32,59H,4-6,8-9,11-15,17-18,20-21,24,27,30,33-58H2,1-3H3/b10-7-,19-16-,23-22-,26-25-,29-28-,32-31-. The molecule has 0 saturated carbocycles. The van der Waals surface area contributed by atoms with Crippen LogP contribution >= 0.6 is 0 Å². The summed E-state index contributed by atoms with van der Waals surface area (Å²) in [4.78, 5) is 37.9. The number of hydrogen-bond acceptors (Lipinski definition) is 6. The summed E-state index contributed by atoms with van der Waals surface area (Å²) in [6, 6.07) is 0. The Morgan fingerprint density at radius 2 is 0.574 bits per heavy atom. The van der Waals surface area contributed by atoms with Crippen LogP contribution in [-0.2, 0) is 28.6 Å². The molecule has 0 fully saturated rings. The smallest absolute Gasteiger partial charge is 0.306 e. The Morgan fingerprint density at radius 1 is 0.309 bits per heavy atom. The Hall–Kier alpha value is -3.15. The fourth-order valence-electron chi connectivity index (χ4n) is 8.15. The first-order valence-corrected chi connectivity index (χ1v) is 28.9. The molecule has 0 N–H and O–H groups in total. The predicted molar refractivity (Wildman–Crippen MR) is 293 cm³/mol. The second-order valence-electron chi connectivity index (χ2n) is 19.2. The first-order chi connectivity index (χ1) is 33.5. The summed E-state index contributed by atoms with van der Waals surface area (Å²) in [6.45, 7) is 6.50. The first-order valence-electron chi connectivity index (χ1n) is 28.9. The molecule has 0 bridgehead atoms. The normalized spacial score (nSPS) is 12.6. The number of unbranched alkanes of at least 4 members (excludes halogenated alkanes) is 29. The topological polar surface area (TPSA) is 78.9 Å². The minimum absolute atomic E-state index is 0.0712. The van der Waals surface area contributed by atoms with Crippen molar-refractivity contribution in [1.29, 1.82) is 0 Å². The first kappa shape index (κ1) is 64.8. The molecule has 0 radical (unpaired) electrons. The Kier molecular flexibility index (Phi) is 53.8. The summed E-state index contributed by atoms with van der Waals surface area (Å²) in [5.41, 5.74) is 0. The van der Waals surface area contributed by atoms with Gasteiger partial charge >= 0.3 is 17.9 Å². The Labute approximate surface area is 421 Å². The molecule has 0 rings (SSSR count). The van der Waals surface area contributed by atoms with Crippen molar-refractivity contribution < 1.29 is 28.6 Å². The van der Waals surface area contributed by atoms with Crippen molar-refractivity contribution >= 4 is 17.9 Å². The zero-order valence-corrected chi connectivity index (χ0v) is 44.9. The van der Waals surface area contributed by atoms with Gasteiger partial charge in [-0.25, -0.2) is 0 Å². The average Bonchev–Trinajstić information content (AvgIpc) is 3.34. The molecular formula is C62H108O6. The van der Waals surface area contributed by atoms with Gasteiger partial charge in [0.05, 0.1) is 0 Å². The molecule has 68 heavy (non-hydrogen) atoms. The van der Waals surface area contributed by atoms with E-state index in [9.17, 15) is 14.4 Å². The van der Waals surface area contributed by atoms with Crippen LogP contribution in [-0.4, -0.2) is 37.2 Å². The molecule has 0 aliphatic heterocycles. The molecule has 1 atom stereocenters. The second-order valence-corrected chi connectivity index (χ2v) is 19.2. The van der Waals surface area contributed by atoms with Crippen LogP contribution in [0, 0.1) is 0 Å². The van der Waals surface area contributed by atoms with Gasteiger partial charge in [-0.3, -0.25) is 14.4 Å². The molecule has 0 aliphatic rings. The van der Waals surface area contributed by atoms with Crippen molar-refractivity contribution in [2.75, 3.05) is 13.2 Å². The zero-order valence-electron chi connectivity index (χ0n) is 44.9. The lowest BCUT2D eigenvalue weighted by Crippen LogP contribution is -2.30. The van der Waals surface area contributed by atoms with Crippen LogP contribution in [0.3, 0.4) is 0 Å². The van der Waals surface area contributed by atoms with E-state index in [-0.39, 0.29) is 31.1 Å². The molecule has 0 aromatic carbocycles. The molecule has 0 aromatic heterocycles. The van der Waals surface area contributed by atoms with Gasteiger partial charge in [0.1, 0.15) is 13.2 Å². The van der Waals surface area contributed by atoms with E-state index in [1.165, 1.54) is 148 Å². The minimum Gasteiger partial charge on any atom is -0.462 e. The fraction of sp³-hybridized carbons (Fsp3) is 0.758. The third kappa shape index (κ3) is 53.8. The Bertz CT molecular complexity index is 1270. The second kappa shape index (κ2) is 56.4. The van der Waals surface area contributed by atoms with Gasteiger partial charge in [-0.15, -0.1) is 0 Å². The van der Waals surface area contributed by atoms with Gasteiger partial charge in [0.2, 0.25) is 0 Å². The number of esters is 3. The molecule has 0 saturated heterocycles. The summed E-state index contributed by atoms with van der Waals surface area (Å²) in [5, 5.41) is 0. The van der Waals surface area contributed by atoms with Crippen LogP contribution < -0.4 is 0 Å². The van der Waals surface area contributed by atoms with E-state index in [2.05, 4.69) is 93.7 Å². The van der Waals surface area contributed by atoms with Crippen molar-refractivity contribution in [3.63, 3.8) is 0 Å². The Balaban J connectivity index is 4.06. The van der Waals surface area contributed by atoms with Gasteiger partial charge in [-0.05, 0) is 70.6 Å². The summed E-state index contributed by atoms with van der Waals surface area (Å²) in [5.74, 6) is -0.870. The number of carbonyl (C=O) groups is 3. The van der Waals surface area contributed by atoms with Crippen molar-refractivity contribution in [2.24, 2.45) is 0 Å². The molecule has 1 unspecified atom stereocenters. The number of ether oxygens (including phenoxy) is 3. The quantitative estimate of drug-likeness (QED) is 0.0262. The van der Waals surface area contributed by atoms with Crippen LogP contribution in [0.1, 0.15) is 284 Å². The maximum atomic E-state index is 12.7. The van der Waals surface area contributed by atoms with Gasteiger partial charge in [0, 0.05) is 19.3 Å². The van der Waals surface area contributed by atoms with E-state index in [4.69, 9.17) is 14.2 Å². The van der Waals surface area contributed by atoms with Gasteiger partial charge in [0.25, 0.3) is 0 Å². The molecule has 6 nitrogen and oxygen atoms in total. The van der Waals surface area contributed by atoms with E-state index < -0.39 is 6.10 Å². The van der Waals surface area contributed by atoms with Gasteiger partial charge in [-0.2, -0.15) is 0 Å². The molecule has 6 heteroatoms. The number of carbonyl (C=O) groups excluding carboxylic acids is 3. The van der Waals surface area contributed by atoms with Crippen molar-refractivity contribution in [3.05, 3.63) is 72.9 Å². The van der Waals surface area contributed by atoms with Crippen molar-refractivity contribution in [1.82, 2.24) is 0 Å². The summed E-state index contributed by atoms with van der Waals surface area (Å²) >= 11 is 0. The third-order valence-electron chi connectivity index (χ3n) is 12.5. The molecule has 0 aliphatic carbocycles. The average molecular weight is 950 g/mol. The molecule has 0 heterocycles. The van der Waals surface area contributed by atoms with Crippen LogP contribution in [0.4, 0.5) is 0 Å². The highest BCUT2D eigenvalue weighted by molar-refractivity contribution is 5.71. The highest BCUT2D eigenvalue weighted by Gasteiger charge is 2.19. The van der Waals surface area contributed by atoms with E-state index in [0.717, 1.165) is 96.3 Å². The summed E-state index contributed by atoms with van der Waals surface area (Å²) in [6.07, 6.45) is 72.1. The van der Waals surface area contributed by atoms with Crippen LogP contribution in [0.5, 0.6) is 0 Å². The van der Waals surface area contributed by atoms with Gasteiger partial charge in [-0.1, -0.05) is 267 Å². The van der Waals surface area contributed by atoms with Gasteiger partial charge < -0.3 is 14.2 Å². The van der Waals surface area contributed by atoms with Gasteiger partial charge in [0.15, 0.2) is 6.10 Å². The SMILES string of the molecule is CC/C=C\C/C=C\C/C=C\C/C=C\C/C=C\C/C=C\CCCCCCCCCCCCCCC(=O)OCC(COC(=O)CCCCCCCCCC)OC(=O)CCCCCCCCCCCCC. The molecule has 0 aromatic rings. The molecule has 0 spiro atoms. The maximum Gasteiger partial charge on any atom is 0.306 e. The van der Waals surface area contributed by atoms with Crippen molar-refractivity contribution in [2.45, 2.75) is 290 Å². The van der Waals surface area contributed by atoms with E-state index in [1.54, 1.807) is 0 Å². The highest BCUT2D eigenvalue weighted by Crippen LogP contribution is 2.16. The Morgan fingerprint density at radius 3 is 0.897 bits per heavy atom. The van der Waals surface area contributed by atoms with Crippen LogP contribution in [0.15, 0.2) is 72.9 Å². The lowest BCUT2D eigenvalue weighted by atomic mass is 10.0. The number of allylic oxidation sites excluding steroid dienone is 12. The summed E-state index contributed by atoms with van der Waals surface area (Å²) < 4.78 is 16.8.